The number of carbonyl (C=O) groups excluding carboxylic acids is 1. The number of anilines is 1. The van der Waals surface area contributed by atoms with Gasteiger partial charge in [0.05, 0.1) is 23.4 Å². The second kappa shape index (κ2) is 4.99. The highest BCUT2D eigenvalue weighted by molar-refractivity contribution is 7.99. The summed E-state index contributed by atoms with van der Waals surface area (Å²) in [6, 6.07) is 5.63. The van der Waals surface area contributed by atoms with Crippen molar-refractivity contribution in [3.8, 4) is 0 Å². The number of nitrogens with zero attached hydrogens (tertiary/aromatic N) is 1. The molecule has 1 aliphatic heterocycles. The fourth-order valence-electron chi connectivity index (χ4n) is 2.03. The van der Waals surface area contributed by atoms with Crippen molar-refractivity contribution in [1.82, 2.24) is 15.5 Å². The second-order valence-electron chi connectivity index (χ2n) is 4.21. The van der Waals surface area contributed by atoms with Crippen molar-refractivity contribution in [3.05, 3.63) is 24.4 Å². The fraction of sp³-hybridized carbons (Fsp3) is 0.333. The Labute approximate surface area is 109 Å². The first-order chi connectivity index (χ1) is 8.84. The highest BCUT2D eigenvalue weighted by atomic mass is 32.2. The van der Waals surface area contributed by atoms with Gasteiger partial charge in [-0.25, -0.2) is 0 Å². The maximum atomic E-state index is 12.1. The predicted octanol–water partition coefficient (Wildman–Crippen LogP) is 1.21. The minimum absolute atomic E-state index is 0.0240. The molecule has 0 aliphatic carbocycles. The number of fused-ring (bicyclic) bond motifs is 1. The van der Waals surface area contributed by atoms with Crippen molar-refractivity contribution < 1.29 is 4.79 Å². The molecule has 18 heavy (non-hydrogen) atoms. The summed E-state index contributed by atoms with van der Waals surface area (Å²) < 4.78 is 0. The van der Waals surface area contributed by atoms with Crippen LogP contribution in [0.1, 0.15) is 0 Å². The van der Waals surface area contributed by atoms with Gasteiger partial charge < -0.3 is 10.6 Å². The van der Waals surface area contributed by atoms with Gasteiger partial charge in [-0.15, -0.1) is 0 Å². The molecule has 5 nitrogen and oxygen atoms in total. The monoisotopic (exact) mass is 262 g/mol. The van der Waals surface area contributed by atoms with Gasteiger partial charge in [0.15, 0.2) is 0 Å². The summed E-state index contributed by atoms with van der Waals surface area (Å²) in [5.41, 5.74) is 1.74. The Morgan fingerprint density at radius 3 is 3.28 bits per heavy atom. The molecule has 1 saturated heterocycles. The molecule has 6 heteroatoms. The molecule has 1 aromatic heterocycles. The van der Waals surface area contributed by atoms with Crippen LogP contribution >= 0.6 is 11.8 Å². The molecule has 1 aliphatic rings. The predicted molar refractivity (Wildman–Crippen MR) is 73.8 cm³/mol. The number of benzene rings is 1. The van der Waals surface area contributed by atoms with Gasteiger partial charge in [0, 0.05) is 23.4 Å². The van der Waals surface area contributed by atoms with Crippen molar-refractivity contribution in [2.75, 3.05) is 23.4 Å². The van der Waals surface area contributed by atoms with Gasteiger partial charge in [0.1, 0.15) is 0 Å². The fourth-order valence-corrected chi connectivity index (χ4v) is 2.96. The third kappa shape index (κ3) is 2.21. The van der Waals surface area contributed by atoms with E-state index in [2.05, 4.69) is 20.8 Å². The Bertz CT molecular complexity index is 562. The number of amides is 1. The van der Waals surface area contributed by atoms with Crippen molar-refractivity contribution in [2.45, 2.75) is 6.04 Å². The average Bonchev–Trinajstić information content (AvgIpc) is 2.89. The van der Waals surface area contributed by atoms with Crippen molar-refractivity contribution in [2.24, 2.45) is 0 Å². The Morgan fingerprint density at radius 1 is 1.50 bits per heavy atom. The van der Waals surface area contributed by atoms with E-state index >= 15 is 0 Å². The summed E-state index contributed by atoms with van der Waals surface area (Å²) in [5.74, 6) is 1.92. The third-order valence-electron chi connectivity index (χ3n) is 2.98. The first-order valence-corrected chi connectivity index (χ1v) is 7.04. The van der Waals surface area contributed by atoms with Crippen LogP contribution in [0.2, 0.25) is 0 Å². The van der Waals surface area contributed by atoms with Crippen LogP contribution in [0.5, 0.6) is 0 Å². The second-order valence-corrected chi connectivity index (χ2v) is 5.36. The van der Waals surface area contributed by atoms with Crippen LogP contribution in [0.3, 0.4) is 0 Å². The maximum absolute atomic E-state index is 12.1. The summed E-state index contributed by atoms with van der Waals surface area (Å²) in [5, 5.41) is 14.0. The van der Waals surface area contributed by atoms with Gasteiger partial charge in [-0.1, -0.05) is 6.07 Å². The minimum Gasteiger partial charge on any atom is -0.324 e. The molecule has 0 radical (unpaired) electrons. The number of aromatic nitrogens is 2. The molecular weight excluding hydrogens is 248 g/mol. The Hall–Kier alpha value is -1.53. The molecule has 0 saturated carbocycles. The topological polar surface area (TPSA) is 69.8 Å². The number of H-pyrrole nitrogens is 1. The van der Waals surface area contributed by atoms with Crippen molar-refractivity contribution >= 4 is 34.3 Å². The first kappa shape index (κ1) is 11.6. The third-order valence-corrected chi connectivity index (χ3v) is 4.04. The van der Waals surface area contributed by atoms with Crippen LogP contribution < -0.4 is 10.6 Å². The van der Waals surface area contributed by atoms with E-state index in [0.29, 0.717) is 0 Å². The highest BCUT2D eigenvalue weighted by Gasteiger charge is 2.21. The number of aromatic amines is 1. The van der Waals surface area contributed by atoms with Crippen LogP contribution in [-0.4, -0.2) is 40.2 Å². The van der Waals surface area contributed by atoms with E-state index in [9.17, 15) is 4.79 Å². The molecule has 2 heterocycles. The lowest BCUT2D eigenvalue weighted by molar-refractivity contribution is -0.117. The Kier molecular flexibility index (Phi) is 3.21. The molecule has 1 fully saturated rings. The Balaban J connectivity index is 1.79. The number of carbonyl (C=O) groups is 1. The molecule has 3 N–H and O–H groups in total. The molecule has 1 amide bonds. The molecule has 3 rings (SSSR count). The summed E-state index contributed by atoms with van der Waals surface area (Å²) in [7, 11) is 0. The van der Waals surface area contributed by atoms with Gasteiger partial charge in [-0.05, 0) is 12.1 Å². The number of hydrogen-bond acceptors (Lipinski definition) is 4. The van der Waals surface area contributed by atoms with E-state index in [1.165, 1.54) is 0 Å². The van der Waals surface area contributed by atoms with Crippen LogP contribution in [-0.2, 0) is 4.79 Å². The molecule has 2 aromatic rings. The van der Waals surface area contributed by atoms with E-state index in [-0.39, 0.29) is 11.9 Å². The zero-order valence-electron chi connectivity index (χ0n) is 9.77. The smallest absolute Gasteiger partial charge is 0.242 e. The number of nitrogens with one attached hydrogen (secondary N) is 3. The quantitative estimate of drug-likeness (QED) is 0.761. The standard InChI is InChI=1S/C12H14N4OS/c17-12(11-7-18-5-4-13-11)15-9-2-1-3-10-8(9)6-14-16-10/h1-3,6,11,13H,4-5,7H2,(H,14,16)(H,15,17). The van der Waals surface area contributed by atoms with Gasteiger partial charge in [0.25, 0.3) is 0 Å². The molecular formula is C12H14N4OS. The number of rotatable bonds is 2. The SMILES string of the molecule is O=C(Nc1cccc2[nH]ncc12)C1CSCCN1. The lowest BCUT2D eigenvalue weighted by atomic mass is 10.2. The molecule has 1 unspecified atom stereocenters. The summed E-state index contributed by atoms with van der Waals surface area (Å²) >= 11 is 1.81. The Morgan fingerprint density at radius 2 is 2.44 bits per heavy atom. The van der Waals surface area contributed by atoms with Gasteiger partial charge in [0.2, 0.25) is 5.91 Å². The normalized spacial score (nSPS) is 19.9. The number of hydrogen-bond donors (Lipinski definition) is 3. The van der Waals surface area contributed by atoms with E-state index < -0.39 is 0 Å². The molecule has 1 aromatic carbocycles. The lowest BCUT2D eigenvalue weighted by Crippen LogP contribution is -2.46. The van der Waals surface area contributed by atoms with Crippen molar-refractivity contribution in [1.29, 1.82) is 0 Å². The largest absolute Gasteiger partial charge is 0.324 e. The van der Waals surface area contributed by atoms with E-state index in [4.69, 9.17) is 0 Å². The zero-order chi connectivity index (χ0) is 12.4. The zero-order valence-corrected chi connectivity index (χ0v) is 10.6. The first-order valence-electron chi connectivity index (χ1n) is 5.89. The summed E-state index contributed by atoms with van der Waals surface area (Å²) in [6.07, 6.45) is 1.73. The molecule has 1 atom stereocenters. The number of thioether (sulfide) groups is 1. The van der Waals surface area contributed by atoms with Crippen LogP contribution in [0.25, 0.3) is 10.9 Å². The van der Waals surface area contributed by atoms with Gasteiger partial charge in [-0.2, -0.15) is 16.9 Å². The van der Waals surface area contributed by atoms with Gasteiger partial charge in [-0.3, -0.25) is 9.89 Å². The van der Waals surface area contributed by atoms with Crippen LogP contribution in [0, 0.1) is 0 Å². The minimum atomic E-state index is -0.106. The maximum Gasteiger partial charge on any atom is 0.242 e. The van der Waals surface area contributed by atoms with Crippen LogP contribution in [0.15, 0.2) is 24.4 Å². The molecule has 0 spiro atoms. The highest BCUT2D eigenvalue weighted by Crippen LogP contribution is 2.21. The van der Waals surface area contributed by atoms with Crippen molar-refractivity contribution in [3.63, 3.8) is 0 Å². The van der Waals surface area contributed by atoms with Gasteiger partial charge >= 0.3 is 0 Å². The average molecular weight is 262 g/mol. The van der Waals surface area contributed by atoms with E-state index in [0.717, 1.165) is 34.6 Å². The summed E-state index contributed by atoms with van der Waals surface area (Å²) in [6.45, 7) is 0.888. The summed E-state index contributed by atoms with van der Waals surface area (Å²) in [4.78, 5) is 12.1. The lowest BCUT2D eigenvalue weighted by Gasteiger charge is -2.22. The molecule has 0 bridgehead atoms. The molecule has 94 valence electrons. The van der Waals surface area contributed by atoms with E-state index in [1.54, 1.807) is 18.0 Å². The van der Waals surface area contributed by atoms with E-state index in [1.807, 2.05) is 18.2 Å². The van der Waals surface area contributed by atoms with Crippen LogP contribution in [0.4, 0.5) is 5.69 Å².